The minimum atomic E-state index is 0.824. The van der Waals surface area contributed by atoms with Gasteiger partial charge in [0.2, 0.25) is 11.5 Å². The molecule has 1 aliphatic heterocycles. The molecule has 6 rings (SSSR count). The lowest BCUT2D eigenvalue weighted by atomic mass is 10.1. The van der Waals surface area contributed by atoms with E-state index in [1.807, 2.05) is 18.2 Å². The first-order valence-corrected chi connectivity index (χ1v) is 11.5. The number of fused-ring (bicyclic) bond motifs is 6. The maximum Gasteiger partial charge on any atom is 0.374 e. The summed E-state index contributed by atoms with van der Waals surface area (Å²) in [5.41, 5.74) is 3.14. The lowest BCUT2D eigenvalue weighted by Crippen LogP contribution is -2.33. The third-order valence-corrected chi connectivity index (χ3v) is 6.35. The van der Waals surface area contributed by atoms with Crippen LogP contribution in [0.3, 0.4) is 0 Å². The van der Waals surface area contributed by atoms with Crippen molar-refractivity contribution in [2.45, 2.75) is 20.4 Å². The van der Waals surface area contributed by atoms with E-state index in [1.54, 1.807) is 0 Å². The second-order valence-electron chi connectivity index (χ2n) is 8.16. The number of anilines is 1. The number of rotatable bonds is 4. The molecule has 4 heteroatoms. The van der Waals surface area contributed by atoms with Crippen LogP contribution in [0, 0.1) is 0 Å². The molecule has 0 N–H and O–H groups in total. The highest BCUT2D eigenvalue weighted by atomic mass is 16.5. The van der Waals surface area contributed by atoms with Crippen molar-refractivity contribution >= 4 is 44.4 Å². The predicted molar refractivity (Wildman–Crippen MR) is 134 cm³/mol. The summed E-state index contributed by atoms with van der Waals surface area (Å²) in [5.74, 6) is 2.57. The van der Waals surface area contributed by atoms with Crippen molar-refractivity contribution in [3.63, 3.8) is 0 Å². The summed E-state index contributed by atoms with van der Waals surface area (Å²) in [6.45, 7) is 5.94. The zero-order valence-corrected chi connectivity index (χ0v) is 18.8. The van der Waals surface area contributed by atoms with Gasteiger partial charge in [-0.1, -0.05) is 54.6 Å². The number of hydrogen-bond donors (Lipinski definition) is 0. The van der Waals surface area contributed by atoms with Crippen molar-refractivity contribution < 1.29 is 13.7 Å². The molecule has 0 radical (unpaired) electrons. The number of aromatic nitrogens is 1. The van der Waals surface area contributed by atoms with E-state index in [9.17, 15) is 0 Å². The fraction of sp³-hybridized carbons (Fsp3) is 0.138. The number of allylic oxidation sites excluding steroid dienone is 2. The van der Waals surface area contributed by atoms with Gasteiger partial charge in [-0.3, -0.25) is 0 Å². The van der Waals surface area contributed by atoms with Crippen LogP contribution in [-0.2, 0) is 6.54 Å². The first kappa shape index (κ1) is 19.6. The Kier molecular flexibility index (Phi) is 4.65. The molecule has 4 aromatic carbocycles. The topological polar surface area (TPSA) is 29.5 Å². The highest BCUT2D eigenvalue weighted by molar-refractivity contribution is 6.02. The summed E-state index contributed by atoms with van der Waals surface area (Å²) in [7, 11) is 0. The van der Waals surface area contributed by atoms with Gasteiger partial charge in [-0.25, -0.2) is 0 Å². The Bertz CT molecular complexity index is 1580. The molecule has 0 saturated heterocycles. The summed E-state index contributed by atoms with van der Waals surface area (Å²) in [5, 5.41) is 4.63. The van der Waals surface area contributed by atoms with Crippen molar-refractivity contribution in [1.82, 2.24) is 0 Å². The quantitative estimate of drug-likeness (QED) is 0.291. The van der Waals surface area contributed by atoms with Crippen LogP contribution in [0.1, 0.15) is 19.7 Å². The summed E-state index contributed by atoms with van der Waals surface area (Å²) in [6, 6.07) is 25.3. The fourth-order valence-corrected chi connectivity index (χ4v) is 4.77. The number of nitrogens with zero attached hydrogens (tertiary/aromatic N) is 2. The standard InChI is InChI=1S/C29H25N2O2/c1-3-30-24-18-16-20-10-5-7-12-22(20)28(24)32-26(30)14-9-15-27-31(4-2)25-19-17-21-11-6-8-13-23(21)29(25)33-27/h5-19H,3-4H2,1-2H3/q+1. The van der Waals surface area contributed by atoms with Crippen LogP contribution in [0.15, 0.2) is 95.2 Å². The molecule has 0 unspecified atom stereocenters. The molecular weight excluding hydrogens is 408 g/mol. The van der Waals surface area contributed by atoms with Gasteiger partial charge < -0.3 is 14.1 Å². The van der Waals surface area contributed by atoms with Crippen LogP contribution in [-0.4, -0.2) is 6.54 Å². The minimum Gasteiger partial charge on any atom is -0.438 e. The van der Waals surface area contributed by atoms with E-state index in [1.165, 1.54) is 10.8 Å². The Balaban J connectivity index is 1.39. The number of aryl methyl sites for hydroxylation is 1. The SMILES string of the molecule is CCN1/C(=C/C=C/c2oc3c4ccccc4ccc3[n+]2CC)Oc2c1ccc1ccccc21. The van der Waals surface area contributed by atoms with E-state index < -0.39 is 0 Å². The van der Waals surface area contributed by atoms with Crippen LogP contribution in [0.2, 0.25) is 0 Å². The largest absolute Gasteiger partial charge is 0.438 e. The number of benzene rings is 4. The van der Waals surface area contributed by atoms with Gasteiger partial charge in [0.05, 0.1) is 11.8 Å². The summed E-state index contributed by atoms with van der Waals surface area (Å²) in [6.07, 6.45) is 6.05. The summed E-state index contributed by atoms with van der Waals surface area (Å²) in [4.78, 5) is 2.20. The number of hydrogen-bond acceptors (Lipinski definition) is 3. The highest BCUT2D eigenvalue weighted by Gasteiger charge is 2.26. The maximum absolute atomic E-state index is 6.33. The minimum absolute atomic E-state index is 0.824. The Morgan fingerprint density at radius 3 is 2.36 bits per heavy atom. The molecule has 33 heavy (non-hydrogen) atoms. The van der Waals surface area contributed by atoms with E-state index in [0.29, 0.717) is 0 Å². The molecule has 4 nitrogen and oxygen atoms in total. The molecule has 0 amide bonds. The molecule has 0 fully saturated rings. The van der Waals surface area contributed by atoms with Gasteiger partial charge in [-0.2, -0.15) is 4.57 Å². The molecule has 0 aliphatic carbocycles. The molecule has 0 atom stereocenters. The van der Waals surface area contributed by atoms with E-state index in [2.05, 4.69) is 96.1 Å². The number of ether oxygens (including phenoxy) is 1. The van der Waals surface area contributed by atoms with E-state index in [4.69, 9.17) is 9.15 Å². The van der Waals surface area contributed by atoms with Crippen molar-refractivity contribution in [3.8, 4) is 5.75 Å². The average Bonchev–Trinajstić information content (AvgIpc) is 3.41. The highest BCUT2D eigenvalue weighted by Crippen LogP contribution is 2.43. The number of oxazole rings is 1. The van der Waals surface area contributed by atoms with Gasteiger partial charge in [0.1, 0.15) is 6.54 Å². The van der Waals surface area contributed by atoms with Gasteiger partial charge >= 0.3 is 5.89 Å². The lowest BCUT2D eigenvalue weighted by molar-refractivity contribution is -0.674. The van der Waals surface area contributed by atoms with Gasteiger partial charge in [0.25, 0.3) is 5.52 Å². The van der Waals surface area contributed by atoms with Gasteiger partial charge in [-0.05, 0) is 48.9 Å². The summed E-state index contributed by atoms with van der Waals surface area (Å²) < 4.78 is 14.9. The third-order valence-electron chi connectivity index (χ3n) is 6.35. The van der Waals surface area contributed by atoms with E-state index in [-0.39, 0.29) is 0 Å². The van der Waals surface area contributed by atoms with Crippen molar-refractivity contribution in [1.29, 1.82) is 0 Å². The molecule has 5 aromatic rings. The van der Waals surface area contributed by atoms with Crippen LogP contribution >= 0.6 is 0 Å². The zero-order chi connectivity index (χ0) is 22.4. The molecule has 0 saturated carbocycles. The first-order chi connectivity index (χ1) is 16.3. The second kappa shape index (κ2) is 7.82. The zero-order valence-electron chi connectivity index (χ0n) is 18.8. The Hall–Kier alpha value is -4.05. The van der Waals surface area contributed by atoms with Gasteiger partial charge in [0.15, 0.2) is 5.75 Å². The Morgan fingerprint density at radius 2 is 1.58 bits per heavy atom. The van der Waals surface area contributed by atoms with Crippen molar-refractivity contribution in [3.05, 3.63) is 96.7 Å². The molecular formula is C29H25N2O2+. The van der Waals surface area contributed by atoms with Crippen LogP contribution in [0.25, 0.3) is 38.7 Å². The lowest BCUT2D eigenvalue weighted by Gasteiger charge is -2.14. The van der Waals surface area contributed by atoms with Crippen molar-refractivity contribution in [2.75, 3.05) is 11.4 Å². The fourth-order valence-electron chi connectivity index (χ4n) is 4.77. The van der Waals surface area contributed by atoms with Crippen LogP contribution < -0.4 is 14.2 Å². The molecule has 0 spiro atoms. The van der Waals surface area contributed by atoms with Gasteiger partial charge in [0, 0.05) is 23.4 Å². The van der Waals surface area contributed by atoms with Crippen molar-refractivity contribution in [2.24, 2.45) is 0 Å². The molecule has 162 valence electrons. The normalized spacial score (nSPS) is 14.7. The molecule has 1 aliphatic rings. The molecule has 2 heterocycles. The Morgan fingerprint density at radius 1 is 0.848 bits per heavy atom. The maximum atomic E-state index is 6.33. The monoisotopic (exact) mass is 433 g/mol. The molecule has 0 bridgehead atoms. The predicted octanol–water partition coefficient (Wildman–Crippen LogP) is 6.82. The molecule has 1 aromatic heterocycles. The Labute approximate surface area is 192 Å². The van der Waals surface area contributed by atoms with Gasteiger partial charge in [-0.15, -0.1) is 0 Å². The van der Waals surface area contributed by atoms with Crippen LogP contribution in [0.5, 0.6) is 5.75 Å². The van der Waals surface area contributed by atoms with E-state index in [0.717, 1.165) is 58.2 Å². The third kappa shape index (κ3) is 3.10. The average molecular weight is 434 g/mol. The van der Waals surface area contributed by atoms with E-state index >= 15 is 0 Å². The first-order valence-electron chi connectivity index (χ1n) is 11.5. The summed E-state index contributed by atoms with van der Waals surface area (Å²) >= 11 is 0. The van der Waals surface area contributed by atoms with Crippen LogP contribution in [0.4, 0.5) is 5.69 Å². The second-order valence-corrected chi connectivity index (χ2v) is 8.16. The smallest absolute Gasteiger partial charge is 0.374 e.